The lowest BCUT2D eigenvalue weighted by molar-refractivity contribution is -0.136. The van der Waals surface area contributed by atoms with E-state index in [1.54, 1.807) is 30.3 Å². The normalized spacial score (nSPS) is 12.2. The molecule has 0 aliphatic heterocycles. The highest BCUT2D eigenvalue weighted by molar-refractivity contribution is 7.91. The second kappa shape index (κ2) is 7.41. The second-order valence-corrected chi connectivity index (χ2v) is 7.82. The third-order valence-electron chi connectivity index (χ3n) is 2.88. The third kappa shape index (κ3) is 5.03. The number of hydrogen-bond donors (Lipinski definition) is 2. The fourth-order valence-corrected chi connectivity index (χ4v) is 3.93. The van der Waals surface area contributed by atoms with Gasteiger partial charge in [-0.25, -0.2) is 8.42 Å². The molecule has 0 spiro atoms. The van der Waals surface area contributed by atoms with Crippen LogP contribution in [0.25, 0.3) is 0 Å². The molecule has 8 nitrogen and oxygen atoms in total. The number of benzene rings is 1. The summed E-state index contributed by atoms with van der Waals surface area (Å²) in [5, 5.41) is 19.7. The molecule has 24 heavy (non-hydrogen) atoms. The molecule has 0 aliphatic rings. The van der Waals surface area contributed by atoms with Crippen LogP contribution in [0.15, 0.2) is 40.7 Å². The summed E-state index contributed by atoms with van der Waals surface area (Å²) in [5.41, 5.74) is 0.605. The molecule has 10 heteroatoms. The molecular formula is C14H14N2O6S2. The van der Waals surface area contributed by atoms with Gasteiger partial charge in [0.1, 0.15) is 5.75 Å². The molecule has 0 bridgehead atoms. The van der Waals surface area contributed by atoms with Crippen LogP contribution >= 0.6 is 11.3 Å². The summed E-state index contributed by atoms with van der Waals surface area (Å²) in [6.45, 7) is 0. The first kappa shape index (κ1) is 17.9. The number of sulfone groups is 1. The van der Waals surface area contributed by atoms with Crippen molar-refractivity contribution in [3.8, 4) is 0 Å². The van der Waals surface area contributed by atoms with Crippen LogP contribution in [0.1, 0.15) is 11.3 Å². The monoisotopic (exact) mass is 370 g/mol. The van der Waals surface area contributed by atoms with E-state index < -0.39 is 33.9 Å². The minimum absolute atomic E-state index is 0.0474. The van der Waals surface area contributed by atoms with E-state index in [9.17, 15) is 23.2 Å². The summed E-state index contributed by atoms with van der Waals surface area (Å²) < 4.78 is 24.5. The van der Waals surface area contributed by atoms with Crippen molar-refractivity contribution in [2.75, 3.05) is 5.75 Å². The van der Waals surface area contributed by atoms with Crippen molar-refractivity contribution in [3.05, 3.63) is 51.8 Å². The number of aromatic nitrogens is 1. The summed E-state index contributed by atoms with van der Waals surface area (Å²) in [5.74, 6) is -3.17. The molecule has 2 rings (SSSR count). The molecule has 0 saturated heterocycles. The Balaban J connectivity index is 2.12. The Morgan fingerprint density at radius 3 is 2.50 bits per heavy atom. The minimum atomic E-state index is -3.70. The van der Waals surface area contributed by atoms with Crippen molar-refractivity contribution < 1.29 is 28.3 Å². The van der Waals surface area contributed by atoms with Crippen LogP contribution in [0.3, 0.4) is 0 Å². The van der Waals surface area contributed by atoms with Gasteiger partial charge in [-0.3, -0.25) is 9.59 Å². The van der Waals surface area contributed by atoms with Gasteiger partial charge in [-0.2, -0.15) is 9.72 Å². The standard InChI is InChI=1S/C14H14N2O6S2/c17-12(9-24(21,22)8-10-4-2-1-3-5-10)15-14-16(20)11(7-23-14)6-13(18)19/h1-5,7,20H,6,8-9H2,(H,18,19). The maximum absolute atomic E-state index is 12.0. The molecule has 0 saturated carbocycles. The van der Waals surface area contributed by atoms with Gasteiger partial charge in [-0.05, 0) is 5.56 Å². The number of amides is 1. The predicted molar refractivity (Wildman–Crippen MR) is 85.3 cm³/mol. The van der Waals surface area contributed by atoms with Crippen molar-refractivity contribution >= 4 is 33.1 Å². The molecule has 128 valence electrons. The first-order valence-corrected chi connectivity index (χ1v) is 9.39. The SMILES string of the molecule is O=C(O)Cc1csc(=NC(=O)CS(=O)(=O)Cc2ccccc2)n1O. The summed E-state index contributed by atoms with van der Waals surface area (Å²) in [6.07, 6.45) is -0.441. The van der Waals surface area contributed by atoms with E-state index in [4.69, 9.17) is 5.11 Å². The number of rotatable bonds is 6. The van der Waals surface area contributed by atoms with Crippen molar-refractivity contribution in [1.29, 1.82) is 0 Å². The maximum atomic E-state index is 12.0. The van der Waals surface area contributed by atoms with Gasteiger partial charge >= 0.3 is 5.97 Å². The van der Waals surface area contributed by atoms with Gasteiger partial charge in [0, 0.05) is 5.38 Å². The maximum Gasteiger partial charge on any atom is 0.309 e. The van der Waals surface area contributed by atoms with Crippen molar-refractivity contribution in [1.82, 2.24) is 4.73 Å². The van der Waals surface area contributed by atoms with Crippen molar-refractivity contribution in [2.45, 2.75) is 12.2 Å². The zero-order chi connectivity index (χ0) is 17.7. The van der Waals surface area contributed by atoms with Gasteiger partial charge in [0.05, 0.1) is 17.9 Å². The quantitative estimate of drug-likeness (QED) is 0.711. The van der Waals surface area contributed by atoms with Gasteiger partial charge < -0.3 is 10.3 Å². The molecule has 1 heterocycles. The number of aliphatic carboxylic acids is 1. The highest BCUT2D eigenvalue weighted by Crippen LogP contribution is 2.07. The van der Waals surface area contributed by atoms with E-state index in [1.807, 2.05) is 0 Å². The molecule has 2 N–H and O–H groups in total. The lowest BCUT2D eigenvalue weighted by atomic mass is 10.2. The van der Waals surface area contributed by atoms with E-state index in [-0.39, 0.29) is 16.2 Å². The van der Waals surface area contributed by atoms with E-state index in [0.29, 0.717) is 10.3 Å². The fourth-order valence-electron chi connectivity index (χ4n) is 1.89. The Hall–Kier alpha value is -2.46. The van der Waals surface area contributed by atoms with Gasteiger partial charge in [0.2, 0.25) is 4.80 Å². The molecule has 0 atom stereocenters. The number of hydrogen-bond acceptors (Lipinski definition) is 6. The molecule has 1 amide bonds. The Morgan fingerprint density at radius 1 is 1.21 bits per heavy atom. The second-order valence-electron chi connectivity index (χ2n) is 4.92. The lowest BCUT2D eigenvalue weighted by Crippen LogP contribution is -2.22. The van der Waals surface area contributed by atoms with Gasteiger partial charge in [-0.1, -0.05) is 30.3 Å². The third-order valence-corrected chi connectivity index (χ3v) is 5.20. The molecular weight excluding hydrogens is 356 g/mol. The van der Waals surface area contributed by atoms with E-state index in [2.05, 4.69) is 4.99 Å². The summed E-state index contributed by atoms with van der Waals surface area (Å²) in [7, 11) is -3.70. The Bertz CT molecular complexity index is 912. The molecule has 0 fully saturated rings. The number of carbonyl (C=O) groups excluding carboxylic acids is 1. The average molecular weight is 370 g/mol. The average Bonchev–Trinajstić information content (AvgIpc) is 2.79. The highest BCUT2D eigenvalue weighted by Gasteiger charge is 2.18. The van der Waals surface area contributed by atoms with E-state index in [0.717, 1.165) is 11.3 Å². The van der Waals surface area contributed by atoms with Crippen molar-refractivity contribution in [2.24, 2.45) is 4.99 Å². The lowest BCUT2D eigenvalue weighted by Gasteiger charge is -2.02. The smallest absolute Gasteiger partial charge is 0.309 e. The number of carboxylic acids is 1. The molecule has 1 aromatic carbocycles. The minimum Gasteiger partial charge on any atom is -0.481 e. The first-order chi connectivity index (χ1) is 11.3. The summed E-state index contributed by atoms with van der Waals surface area (Å²) in [6, 6.07) is 8.42. The number of carboxylic acid groups (broad SMARTS) is 1. The topological polar surface area (TPSA) is 126 Å². The first-order valence-electron chi connectivity index (χ1n) is 6.69. The molecule has 1 aromatic heterocycles. The van der Waals surface area contributed by atoms with Crippen LogP contribution in [0, 0.1) is 0 Å². The van der Waals surface area contributed by atoms with Gasteiger partial charge in [-0.15, -0.1) is 11.3 Å². The Labute approximate surface area is 141 Å². The van der Waals surface area contributed by atoms with Crippen LogP contribution in [-0.2, 0) is 31.6 Å². The van der Waals surface area contributed by atoms with E-state index in [1.165, 1.54) is 5.38 Å². The zero-order valence-corrected chi connectivity index (χ0v) is 14.0. The predicted octanol–water partition coefficient (Wildman–Crippen LogP) is 0.456. The van der Waals surface area contributed by atoms with Gasteiger partial charge in [0.15, 0.2) is 9.84 Å². The largest absolute Gasteiger partial charge is 0.481 e. The van der Waals surface area contributed by atoms with Crippen molar-refractivity contribution in [3.63, 3.8) is 0 Å². The summed E-state index contributed by atoms with van der Waals surface area (Å²) in [4.78, 5) is 25.8. The number of carbonyl (C=O) groups is 2. The van der Waals surface area contributed by atoms with Crippen LogP contribution in [0.5, 0.6) is 0 Å². The molecule has 0 unspecified atom stereocenters. The molecule has 0 radical (unpaired) electrons. The summed E-state index contributed by atoms with van der Waals surface area (Å²) >= 11 is 0.844. The fraction of sp³-hybridized carbons (Fsp3) is 0.214. The van der Waals surface area contributed by atoms with Gasteiger partial charge in [0.25, 0.3) is 5.91 Å². The Morgan fingerprint density at radius 2 is 1.88 bits per heavy atom. The zero-order valence-electron chi connectivity index (χ0n) is 12.3. The van der Waals surface area contributed by atoms with Crippen LogP contribution < -0.4 is 4.80 Å². The van der Waals surface area contributed by atoms with Crippen LogP contribution in [-0.4, -0.2) is 41.1 Å². The van der Waals surface area contributed by atoms with Crippen LogP contribution in [0.4, 0.5) is 0 Å². The van der Waals surface area contributed by atoms with E-state index >= 15 is 0 Å². The molecule has 0 aliphatic carbocycles. The number of thiazole rings is 1. The molecule has 2 aromatic rings. The van der Waals surface area contributed by atoms with Crippen LogP contribution in [0.2, 0.25) is 0 Å². The Kier molecular flexibility index (Phi) is 5.52. The number of nitrogens with zero attached hydrogens (tertiary/aromatic N) is 2. The highest BCUT2D eigenvalue weighted by atomic mass is 32.2.